The van der Waals surface area contributed by atoms with Gasteiger partial charge in [0, 0.05) is 16.3 Å². The highest BCUT2D eigenvalue weighted by molar-refractivity contribution is 7.90. The van der Waals surface area contributed by atoms with E-state index in [1.165, 1.54) is 19.2 Å². The van der Waals surface area contributed by atoms with E-state index in [1.807, 2.05) is 6.92 Å². The zero-order valence-electron chi connectivity index (χ0n) is 18.1. The highest BCUT2D eigenvalue weighted by atomic mass is 32.2. The Bertz CT molecular complexity index is 1620. The van der Waals surface area contributed by atoms with Gasteiger partial charge in [-0.15, -0.1) is 0 Å². The molecule has 1 N–H and O–H groups in total. The summed E-state index contributed by atoms with van der Waals surface area (Å²) >= 11 is 0. The molecule has 0 aliphatic rings. The smallest absolute Gasteiger partial charge is 0.268 e. The Morgan fingerprint density at radius 1 is 1.03 bits per heavy atom. The molecule has 7 nitrogen and oxygen atoms in total. The highest BCUT2D eigenvalue weighted by Crippen LogP contribution is 2.30. The summed E-state index contributed by atoms with van der Waals surface area (Å²) in [6.07, 6.45) is 0.708. The maximum Gasteiger partial charge on any atom is 0.268 e. The maximum atomic E-state index is 13.7. The van der Waals surface area contributed by atoms with Crippen LogP contribution in [0.25, 0.3) is 21.8 Å². The Hall–Kier alpha value is -3.91. The lowest BCUT2D eigenvalue weighted by molar-refractivity contribution is 0.103. The van der Waals surface area contributed by atoms with Crippen LogP contribution in [0.15, 0.2) is 77.7 Å². The summed E-state index contributed by atoms with van der Waals surface area (Å²) in [5, 5.41) is 8.69. The second-order valence-corrected chi connectivity index (χ2v) is 9.44. The molecule has 0 saturated carbocycles. The standard InChI is InChI=1S/C25H21N3O4S/c1-3-21-20-14-16(9-11-22(20)27-26-21)25(29)24-15-17-13-18(32-2)10-12-23(17)28(24)33(30,31)19-7-5-4-6-8-19/h4-15H,3H2,1-2H3,(H,26,27). The van der Waals surface area contributed by atoms with Gasteiger partial charge in [0.2, 0.25) is 5.78 Å². The molecule has 0 unspecified atom stereocenters. The molecular weight excluding hydrogens is 438 g/mol. The first-order valence-electron chi connectivity index (χ1n) is 10.5. The first-order chi connectivity index (χ1) is 15.9. The number of aromatic nitrogens is 3. The molecule has 0 saturated heterocycles. The molecule has 0 amide bonds. The van der Waals surface area contributed by atoms with E-state index in [0.29, 0.717) is 28.6 Å². The third-order valence-electron chi connectivity index (χ3n) is 5.72. The summed E-state index contributed by atoms with van der Waals surface area (Å²) in [6.45, 7) is 1.99. The van der Waals surface area contributed by atoms with Gasteiger partial charge < -0.3 is 4.74 Å². The Balaban J connectivity index is 1.75. The second kappa shape index (κ2) is 7.90. The summed E-state index contributed by atoms with van der Waals surface area (Å²) in [5.74, 6) is 0.179. The van der Waals surface area contributed by atoms with Crippen molar-refractivity contribution in [3.8, 4) is 5.75 Å². The van der Waals surface area contributed by atoms with Crippen molar-refractivity contribution in [3.63, 3.8) is 0 Å². The quantitative estimate of drug-likeness (QED) is 0.376. The van der Waals surface area contributed by atoms with Crippen molar-refractivity contribution >= 4 is 37.6 Å². The summed E-state index contributed by atoms with van der Waals surface area (Å²) in [7, 11) is -2.50. The van der Waals surface area contributed by atoms with Crippen molar-refractivity contribution in [1.82, 2.24) is 14.2 Å². The number of nitrogens with zero attached hydrogens (tertiary/aromatic N) is 2. The summed E-state index contributed by atoms with van der Waals surface area (Å²) in [5.41, 5.74) is 2.52. The fourth-order valence-corrected chi connectivity index (χ4v) is 5.57. The lowest BCUT2D eigenvalue weighted by Crippen LogP contribution is -2.19. The minimum atomic E-state index is -4.03. The van der Waals surface area contributed by atoms with Gasteiger partial charge in [-0.2, -0.15) is 5.10 Å². The molecule has 0 aliphatic heterocycles. The van der Waals surface area contributed by atoms with Gasteiger partial charge in [0.25, 0.3) is 10.0 Å². The van der Waals surface area contributed by atoms with Gasteiger partial charge in [0.05, 0.1) is 28.7 Å². The molecule has 33 heavy (non-hydrogen) atoms. The molecule has 2 aromatic heterocycles. The number of H-pyrrole nitrogens is 1. The highest BCUT2D eigenvalue weighted by Gasteiger charge is 2.27. The molecule has 5 aromatic rings. The number of carbonyl (C=O) groups excluding carboxylic acids is 1. The molecular formula is C25H21N3O4S. The van der Waals surface area contributed by atoms with Gasteiger partial charge in [-0.3, -0.25) is 9.89 Å². The number of fused-ring (bicyclic) bond motifs is 2. The van der Waals surface area contributed by atoms with Crippen molar-refractivity contribution < 1.29 is 17.9 Å². The van der Waals surface area contributed by atoms with Crippen molar-refractivity contribution in [2.75, 3.05) is 7.11 Å². The summed E-state index contributed by atoms with van der Waals surface area (Å²) in [6, 6.07) is 20.0. The zero-order chi connectivity index (χ0) is 23.2. The lowest BCUT2D eigenvalue weighted by Gasteiger charge is -2.12. The molecule has 0 radical (unpaired) electrons. The number of aryl methyl sites for hydroxylation is 1. The van der Waals surface area contributed by atoms with Crippen molar-refractivity contribution in [3.05, 3.63) is 89.7 Å². The largest absolute Gasteiger partial charge is 0.497 e. The SMILES string of the molecule is CCc1n[nH]c2ccc(C(=O)c3cc4cc(OC)ccc4n3S(=O)(=O)c3ccccc3)cc12. The van der Waals surface area contributed by atoms with E-state index < -0.39 is 15.8 Å². The van der Waals surface area contributed by atoms with Gasteiger partial charge in [0.15, 0.2) is 0 Å². The van der Waals surface area contributed by atoms with E-state index in [9.17, 15) is 13.2 Å². The molecule has 0 bridgehead atoms. The van der Waals surface area contributed by atoms with Crippen molar-refractivity contribution in [2.24, 2.45) is 0 Å². The molecule has 3 aromatic carbocycles. The molecule has 8 heteroatoms. The number of nitrogens with one attached hydrogen (secondary N) is 1. The molecule has 0 atom stereocenters. The average molecular weight is 460 g/mol. The number of hydrogen-bond acceptors (Lipinski definition) is 5. The van der Waals surface area contributed by atoms with Gasteiger partial charge in [-0.1, -0.05) is 25.1 Å². The number of ketones is 1. The normalized spacial score (nSPS) is 11.8. The van der Waals surface area contributed by atoms with Crippen LogP contribution < -0.4 is 4.74 Å². The first kappa shape index (κ1) is 21.0. The van der Waals surface area contributed by atoms with Crippen LogP contribution in [0.5, 0.6) is 5.75 Å². The molecule has 5 rings (SSSR count). The molecule has 166 valence electrons. The topological polar surface area (TPSA) is 94.1 Å². The number of methoxy groups -OCH3 is 1. The van der Waals surface area contributed by atoms with Crippen LogP contribution >= 0.6 is 0 Å². The zero-order valence-corrected chi connectivity index (χ0v) is 18.9. The van der Waals surface area contributed by atoms with Crippen LogP contribution in [0.1, 0.15) is 28.7 Å². The van der Waals surface area contributed by atoms with Crippen LogP contribution in [0.4, 0.5) is 0 Å². The molecule has 0 fully saturated rings. The molecule has 2 heterocycles. The van der Waals surface area contributed by atoms with Gasteiger partial charge >= 0.3 is 0 Å². The number of aromatic amines is 1. The monoisotopic (exact) mass is 459 g/mol. The summed E-state index contributed by atoms with van der Waals surface area (Å²) in [4.78, 5) is 13.8. The van der Waals surface area contributed by atoms with E-state index in [1.54, 1.807) is 60.7 Å². The Morgan fingerprint density at radius 3 is 2.55 bits per heavy atom. The Kier molecular flexibility index (Phi) is 5.02. The fourth-order valence-electron chi connectivity index (χ4n) is 4.04. The lowest BCUT2D eigenvalue weighted by atomic mass is 10.0. The third kappa shape index (κ3) is 3.39. The van der Waals surface area contributed by atoms with E-state index in [0.717, 1.165) is 20.6 Å². The number of benzene rings is 3. The van der Waals surface area contributed by atoms with Gasteiger partial charge in [0.1, 0.15) is 11.4 Å². The Morgan fingerprint density at radius 2 is 1.82 bits per heavy atom. The minimum Gasteiger partial charge on any atom is -0.497 e. The van der Waals surface area contributed by atoms with Crippen LogP contribution in [0.3, 0.4) is 0 Å². The Labute approximate surface area is 190 Å². The number of hydrogen-bond donors (Lipinski definition) is 1. The predicted octanol–water partition coefficient (Wildman–Crippen LogP) is 4.56. The average Bonchev–Trinajstić information content (AvgIpc) is 3.44. The van der Waals surface area contributed by atoms with Crippen LogP contribution in [0.2, 0.25) is 0 Å². The maximum absolute atomic E-state index is 13.7. The van der Waals surface area contributed by atoms with E-state index in [2.05, 4.69) is 10.2 Å². The third-order valence-corrected chi connectivity index (χ3v) is 7.46. The van der Waals surface area contributed by atoms with E-state index in [4.69, 9.17) is 4.74 Å². The van der Waals surface area contributed by atoms with Crippen molar-refractivity contribution in [1.29, 1.82) is 0 Å². The van der Waals surface area contributed by atoms with Gasteiger partial charge in [-0.25, -0.2) is 12.4 Å². The van der Waals surface area contributed by atoms with E-state index >= 15 is 0 Å². The number of rotatable bonds is 6. The van der Waals surface area contributed by atoms with Gasteiger partial charge in [-0.05, 0) is 61.0 Å². The number of carbonyl (C=O) groups is 1. The van der Waals surface area contributed by atoms with Crippen LogP contribution in [0, 0.1) is 0 Å². The van der Waals surface area contributed by atoms with E-state index in [-0.39, 0.29) is 10.6 Å². The molecule has 0 aliphatic carbocycles. The van der Waals surface area contributed by atoms with Crippen molar-refractivity contribution in [2.45, 2.75) is 18.2 Å². The number of ether oxygens (including phenoxy) is 1. The fraction of sp³-hybridized carbons (Fsp3) is 0.120. The first-order valence-corrected chi connectivity index (χ1v) is 11.9. The molecule has 0 spiro atoms. The predicted molar refractivity (Wildman–Crippen MR) is 126 cm³/mol. The summed E-state index contributed by atoms with van der Waals surface area (Å²) < 4.78 is 33.7. The van der Waals surface area contributed by atoms with Crippen LogP contribution in [-0.2, 0) is 16.4 Å². The van der Waals surface area contributed by atoms with Crippen LogP contribution in [-0.4, -0.2) is 35.5 Å². The minimum absolute atomic E-state index is 0.0583. The second-order valence-electron chi connectivity index (χ2n) is 7.65.